The first-order chi connectivity index (χ1) is 17.2. The van der Waals surface area contributed by atoms with Gasteiger partial charge in [-0.1, -0.05) is 12.1 Å². The molecule has 2 N–H and O–H groups in total. The topological polar surface area (TPSA) is 119 Å². The number of pyridine rings is 2. The SMILES string of the molecule is COC(=O)c1cccc(Br)n1.O=C(O)c1cccc(Oc2ccc(F)cc2)n1.Oc1ccc(F)cc1. The molecule has 0 bridgehead atoms. The van der Waals surface area contributed by atoms with E-state index in [1.807, 2.05) is 0 Å². The Balaban J connectivity index is 0.000000206. The first-order valence-corrected chi connectivity index (χ1v) is 10.8. The normalized spacial score (nSPS) is 9.56. The highest BCUT2D eigenvalue weighted by Gasteiger charge is 2.07. The summed E-state index contributed by atoms with van der Waals surface area (Å²) in [7, 11) is 1.32. The van der Waals surface area contributed by atoms with E-state index >= 15 is 0 Å². The van der Waals surface area contributed by atoms with E-state index in [1.165, 1.54) is 73.8 Å². The summed E-state index contributed by atoms with van der Waals surface area (Å²) >= 11 is 3.14. The summed E-state index contributed by atoms with van der Waals surface area (Å²) in [6, 6.07) is 19.8. The van der Waals surface area contributed by atoms with Crippen LogP contribution in [0, 0.1) is 11.6 Å². The lowest BCUT2D eigenvalue weighted by Crippen LogP contribution is -2.03. The van der Waals surface area contributed by atoms with Crippen LogP contribution in [0.5, 0.6) is 17.4 Å². The predicted molar refractivity (Wildman–Crippen MR) is 129 cm³/mol. The number of hydrogen-bond acceptors (Lipinski definition) is 7. The lowest BCUT2D eigenvalue weighted by molar-refractivity contribution is 0.0593. The molecule has 11 heteroatoms. The first kappa shape index (κ1) is 27.9. The highest BCUT2D eigenvalue weighted by atomic mass is 79.9. The van der Waals surface area contributed by atoms with Gasteiger partial charge in [-0.2, -0.15) is 0 Å². The minimum absolute atomic E-state index is 0.0893. The number of benzene rings is 2. The number of hydrogen-bond donors (Lipinski definition) is 2. The number of halogens is 3. The summed E-state index contributed by atoms with van der Waals surface area (Å²) in [5.74, 6) is -1.63. The Kier molecular flexibility index (Phi) is 10.9. The first-order valence-electron chi connectivity index (χ1n) is 9.97. The van der Waals surface area contributed by atoms with Gasteiger partial charge in [0.1, 0.15) is 33.4 Å². The predicted octanol–water partition coefficient (Wildman–Crippen LogP) is 5.87. The van der Waals surface area contributed by atoms with Crippen LogP contribution < -0.4 is 4.74 Å². The van der Waals surface area contributed by atoms with E-state index in [-0.39, 0.29) is 29.0 Å². The summed E-state index contributed by atoms with van der Waals surface area (Å²) in [6.07, 6.45) is 0. The fourth-order valence-corrected chi connectivity index (χ4v) is 2.63. The molecule has 36 heavy (non-hydrogen) atoms. The van der Waals surface area contributed by atoms with Crippen molar-refractivity contribution in [3.05, 3.63) is 113 Å². The molecule has 0 amide bonds. The highest BCUT2D eigenvalue weighted by molar-refractivity contribution is 9.10. The molecule has 0 radical (unpaired) electrons. The molecule has 186 valence electrons. The maximum atomic E-state index is 12.6. The molecule has 0 aliphatic carbocycles. The maximum absolute atomic E-state index is 12.6. The van der Waals surface area contributed by atoms with Crippen LogP contribution in [0.4, 0.5) is 8.78 Å². The van der Waals surface area contributed by atoms with Crippen LogP contribution in [0.25, 0.3) is 0 Å². The van der Waals surface area contributed by atoms with Crippen LogP contribution in [0.2, 0.25) is 0 Å². The highest BCUT2D eigenvalue weighted by Crippen LogP contribution is 2.19. The number of nitrogens with zero attached hydrogens (tertiary/aromatic N) is 2. The number of phenols is 1. The lowest BCUT2D eigenvalue weighted by atomic mass is 10.3. The molecule has 0 spiro atoms. The van der Waals surface area contributed by atoms with E-state index in [0.29, 0.717) is 16.0 Å². The molecule has 2 heterocycles. The molecule has 0 saturated carbocycles. The minimum Gasteiger partial charge on any atom is -0.508 e. The van der Waals surface area contributed by atoms with Crippen molar-refractivity contribution in [2.75, 3.05) is 7.11 Å². The molecule has 0 unspecified atom stereocenters. The Bertz CT molecular complexity index is 1270. The van der Waals surface area contributed by atoms with Crippen LogP contribution in [0.3, 0.4) is 0 Å². The van der Waals surface area contributed by atoms with Crippen molar-refractivity contribution in [1.82, 2.24) is 9.97 Å². The van der Waals surface area contributed by atoms with Crippen LogP contribution in [-0.4, -0.2) is 39.2 Å². The zero-order valence-corrected chi connectivity index (χ0v) is 20.2. The summed E-state index contributed by atoms with van der Waals surface area (Å²) in [5, 5.41) is 17.3. The number of methoxy groups -OCH3 is 1. The van der Waals surface area contributed by atoms with Gasteiger partial charge < -0.3 is 19.7 Å². The van der Waals surface area contributed by atoms with Crippen molar-refractivity contribution < 1.29 is 38.1 Å². The second-order valence-electron chi connectivity index (χ2n) is 6.54. The number of ether oxygens (including phenoxy) is 2. The van der Waals surface area contributed by atoms with Crippen molar-refractivity contribution >= 4 is 27.9 Å². The van der Waals surface area contributed by atoms with Crippen molar-refractivity contribution in [3.63, 3.8) is 0 Å². The Morgan fingerprint density at radius 3 is 1.89 bits per heavy atom. The molecule has 8 nitrogen and oxygen atoms in total. The number of aromatic nitrogens is 2. The van der Waals surface area contributed by atoms with E-state index in [2.05, 4.69) is 30.6 Å². The van der Waals surface area contributed by atoms with Gasteiger partial charge in [-0.05, 0) is 82.7 Å². The zero-order chi connectivity index (χ0) is 26.5. The second kappa shape index (κ2) is 14.1. The Morgan fingerprint density at radius 1 is 0.806 bits per heavy atom. The number of phenolic OH excluding ortho intramolecular Hbond substituents is 1. The van der Waals surface area contributed by atoms with Crippen molar-refractivity contribution in [1.29, 1.82) is 0 Å². The summed E-state index contributed by atoms with van der Waals surface area (Å²) < 4.78 is 35.0. The largest absolute Gasteiger partial charge is 0.508 e. The standard InChI is InChI=1S/C12H8FNO3.C7H6BrNO2.C6H5FO/c13-8-4-6-9(7-5-8)17-11-3-1-2-10(14-11)12(15)16;1-11-7(10)5-3-2-4-6(8)9-5;7-5-1-3-6(8)4-2-5/h1-7H,(H,15,16);2-4H,1H3;1-4,8H. The number of carboxylic acids is 1. The van der Waals surface area contributed by atoms with Gasteiger partial charge in [-0.15, -0.1) is 0 Å². The third-order valence-electron chi connectivity index (χ3n) is 3.91. The second-order valence-corrected chi connectivity index (χ2v) is 7.35. The number of esters is 1. The fraction of sp³-hybridized carbons (Fsp3) is 0.0400. The molecular weight excluding hydrogens is 542 g/mol. The van der Waals surface area contributed by atoms with E-state index in [1.54, 1.807) is 18.2 Å². The van der Waals surface area contributed by atoms with Gasteiger partial charge in [0.25, 0.3) is 0 Å². The molecule has 0 aliphatic heterocycles. The Labute approximate surface area is 212 Å². The molecule has 0 aliphatic rings. The number of aromatic hydroxyl groups is 1. The molecule has 0 fully saturated rings. The smallest absolute Gasteiger partial charge is 0.356 e. The fourth-order valence-electron chi connectivity index (χ4n) is 2.28. The van der Waals surface area contributed by atoms with E-state index in [4.69, 9.17) is 14.9 Å². The molecule has 0 atom stereocenters. The van der Waals surface area contributed by atoms with Crippen LogP contribution in [-0.2, 0) is 4.74 Å². The van der Waals surface area contributed by atoms with Gasteiger partial charge >= 0.3 is 11.9 Å². The number of carbonyl (C=O) groups excluding carboxylic acids is 1. The molecular formula is C25H19BrF2N2O6. The molecule has 2 aromatic carbocycles. The van der Waals surface area contributed by atoms with E-state index < -0.39 is 11.9 Å². The number of rotatable bonds is 4. The molecule has 4 aromatic rings. The van der Waals surface area contributed by atoms with Gasteiger partial charge in [-0.25, -0.2) is 28.3 Å². The average molecular weight is 561 g/mol. The third-order valence-corrected chi connectivity index (χ3v) is 4.36. The van der Waals surface area contributed by atoms with E-state index in [9.17, 15) is 18.4 Å². The number of aromatic carboxylic acids is 1. The van der Waals surface area contributed by atoms with Crippen LogP contribution in [0.1, 0.15) is 21.0 Å². The van der Waals surface area contributed by atoms with Crippen molar-refractivity contribution in [3.8, 4) is 17.4 Å². The lowest BCUT2D eigenvalue weighted by Gasteiger charge is -2.04. The number of carboxylic acid groups (broad SMARTS) is 1. The van der Waals surface area contributed by atoms with Gasteiger partial charge in [0, 0.05) is 6.07 Å². The molecule has 4 rings (SSSR count). The van der Waals surface area contributed by atoms with Gasteiger partial charge in [-0.3, -0.25) is 0 Å². The van der Waals surface area contributed by atoms with Crippen molar-refractivity contribution in [2.24, 2.45) is 0 Å². The molecule has 2 aromatic heterocycles. The summed E-state index contributed by atoms with van der Waals surface area (Å²) in [6.45, 7) is 0. The maximum Gasteiger partial charge on any atom is 0.356 e. The van der Waals surface area contributed by atoms with Gasteiger partial charge in [0.05, 0.1) is 7.11 Å². The quantitative estimate of drug-likeness (QED) is 0.235. The Hall–Kier alpha value is -4.38. The summed E-state index contributed by atoms with van der Waals surface area (Å²) in [4.78, 5) is 29.2. The summed E-state index contributed by atoms with van der Waals surface area (Å²) in [5.41, 5.74) is 0.200. The average Bonchev–Trinajstić information content (AvgIpc) is 2.87. The monoisotopic (exact) mass is 560 g/mol. The van der Waals surface area contributed by atoms with Crippen LogP contribution >= 0.6 is 15.9 Å². The van der Waals surface area contributed by atoms with Crippen LogP contribution in [0.15, 0.2) is 89.5 Å². The van der Waals surface area contributed by atoms with Gasteiger partial charge in [0.2, 0.25) is 5.88 Å². The zero-order valence-electron chi connectivity index (χ0n) is 18.6. The minimum atomic E-state index is -1.13. The molecule has 0 saturated heterocycles. The van der Waals surface area contributed by atoms with Gasteiger partial charge in [0.15, 0.2) is 5.69 Å². The number of carbonyl (C=O) groups is 2. The van der Waals surface area contributed by atoms with Crippen molar-refractivity contribution in [2.45, 2.75) is 0 Å². The van der Waals surface area contributed by atoms with E-state index in [0.717, 1.165) is 0 Å². The Morgan fingerprint density at radius 2 is 1.36 bits per heavy atom. The third kappa shape index (κ3) is 9.85.